The molecule has 0 unspecified atom stereocenters. The second-order valence-electron chi connectivity index (χ2n) is 9.01. The molecule has 2 aromatic carbocycles. The number of benzene rings is 2. The first-order valence-corrected chi connectivity index (χ1v) is 12.1. The van der Waals surface area contributed by atoms with Crippen LogP contribution in [0.1, 0.15) is 30.3 Å². The van der Waals surface area contributed by atoms with Gasteiger partial charge in [-0.2, -0.15) is 4.98 Å². The van der Waals surface area contributed by atoms with Crippen LogP contribution in [0, 0.1) is 13.8 Å². The minimum atomic E-state index is -0.0777. The second-order valence-corrected chi connectivity index (χ2v) is 9.01. The second kappa shape index (κ2) is 9.74. The van der Waals surface area contributed by atoms with E-state index in [9.17, 15) is 4.79 Å². The average Bonchev–Trinajstić information content (AvgIpc) is 3.30. The highest BCUT2D eigenvalue weighted by atomic mass is 16.5. The molecule has 0 atom stereocenters. The van der Waals surface area contributed by atoms with Crippen molar-refractivity contribution in [2.75, 3.05) is 36.4 Å². The Morgan fingerprint density at radius 3 is 2.51 bits per heavy atom. The maximum Gasteiger partial charge on any atom is 0.321 e. The van der Waals surface area contributed by atoms with Crippen LogP contribution in [0.2, 0.25) is 0 Å². The van der Waals surface area contributed by atoms with E-state index in [2.05, 4.69) is 33.3 Å². The van der Waals surface area contributed by atoms with Crippen LogP contribution in [0.5, 0.6) is 0 Å². The van der Waals surface area contributed by atoms with E-state index in [0.717, 1.165) is 52.4 Å². The molecular formula is C27H30N6O2. The fourth-order valence-electron chi connectivity index (χ4n) is 4.51. The molecule has 0 radical (unpaired) electrons. The van der Waals surface area contributed by atoms with E-state index in [1.54, 1.807) is 0 Å². The molecule has 0 aliphatic carbocycles. The molecule has 5 rings (SSSR count). The summed E-state index contributed by atoms with van der Waals surface area (Å²) < 4.78 is 5.66. The van der Waals surface area contributed by atoms with E-state index < -0.39 is 0 Å². The summed E-state index contributed by atoms with van der Waals surface area (Å²) in [5, 5.41) is 8.23. The van der Waals surface area contributed by atoms with E-state index in [4.69, 9.17) is 9.51 Å². The SMILES string of the molecule is CCCc1nc(N2CCN(C(=O)Nc3ccc(C)cc3C)CC2)c2c(-c3ccccc3)noc2n1. The van der Waals surface area contributed by atoms with Crippen molar-refractivity contribution in [1.82, 2.24) is 20.0 Å². The molecule has 35 heavy (non-hydrogen) atoms. The number of fused-ring (bicyclic) bond motifs is 1. The summed E-state index contributed by atoms with van der Waals surface area (Å²) in [4.78, 5) is 26.6. The topological polar surface area (TPSA) is 87.4 Å². The van der Waals surface area contributed by atoms with E-state index in [0.29, 0.717) is 31.9 Å². The lowest BCUT2D eigenvalue weighted by atomic mass is 10.1. The summed E-state index contributed by atoms with van der Waals surface area (Å²) in [7, 11) is 0. The minimum absolute atomic E-state index is 0.0777. The van der Waals surface area contributed by atoms with Crippen molar-refractivity contribution in [1.29, 1.82) is 0 Å². The zero-order valence-corrected chi connectivity index (χ0v) is 20.4. The Hall–Kier alpha value is -3.94. The summed E-state index contributed by atoms with van der Waals surface area (Å²) in [5.74, 6) is 1.58. The average molecular weight is 471 g/mol. The van der Waals surface area contributed by atoms with Gasteiger partial charge >= 0.3 is 6.03 Å². The Kier molecular flexibility index (Phi) is 6.35. The molecule has 0 saturated carbocycles. The molecule has 1 saturated heterocycles. The van der Waals surface area contributed by atoms with Gasteiger partial charge in [0.05, 0.1) is 0 Å². The van der Waals surface area contributed by atoms with Crippen LogP contribution in [0.4, 0.5) is 16.3 Å². The number of anilines is 2. The van der Waals surface area contributed by atoms with Gasteiger partial charge < -0.3 is 19.6 Å². The number of nitrogens with one attached hydrogen (secondary N) is 1. The van der Waals surface area contributed by atoms with E-state index >= 15 is 0 Å². The molecule has 2 aromatic heterocycles. The highest BCUT2D eigenvalue weighted by Crippen LogP contribution is 2.34. The fourth-order valence-corrected chi connectivity index (χ4v) is 4.51. The molecule has 3 heterocycles. The lowest BCUT2D eigenvalue weighted by molar-refractivity contribution is 0.208. The molecule has 1 N–H and O–H groups in total. The largest absolute Gasteiger partial charge is 0.352 e. The van der Waals surface area contributed by atoms with Crippen molar-refractivity contribution in [3.05, 3.63) is 65.5 Å². The van der Waals surface area contributed by atoms with Crippen LogP contribution in [0.15, 0.2) is 53.1 Å². The smallest absolute Gasteiger partial charge is 0.321 e. The zero-order chi connectivity index (χ0) is 24.4. The number of urea groups is 1. The molecule has 1 aliphatic heterocycles. The van der Waals surface area contributed by atoms with Crippen LogP contribution in [0.25, 0.3) is 22.4 Å². The van der Waals surface area contributed by atoms with Crippen molar-refractivity contribution >= 4 is 28.6 Å². The number of hydrogen-bond donors (Lipinski definition) is 1. The Bertz CT molecular complexity index is 1340. The number of rotatable bonds is 5. The van der Waals surface area contributed by atoms with Crippen LogP contribution in [0.3, 0.4) is 0 Å². The molecule has 8 nitrogen and oxygen atoms in total. The first kappa shape index (κ1) is 22.8. The monoisotopic (exact) mass is 470 g/mol. The number of carbonyl (C=O) groups is 1. The highest BCUT2D eigenvalue weighted by Gasteiger charge is 2.27. The number of amides is 2. The first-order chi connectivity index (χ1) is 17.0. The lowest BCUT2D eigenvalue weighted by Gasteiger charge is -2.35. The maximum atomic E-state index is 12.9. The summed E-state index contributed by atoms with van der Waals surface area (Å²) in [6.45, 7) is 8.68. The van der Waals surface area contributed by atoms with Gasteiger partial charge in [-0.1, -0.05) is 60.1 Å². The van der Waals surface area contributed by atoms with Gasteiger partial charge in [-0.05, 0) is 31.9 Å². The lowest BCUT2D eigenvalue weighted by Crippen LogP contribution is -2.50. The number of aromatic nitrogens is 3. The van der Waals surface area contributed by atoms with Crippen molar-refractivity contribution in [2.45, 2.75) is 33.6 Å². The van der Waals surface area contributed by atoms with Gasteiger partial charge in [-0.3, -0.25) is 0 Å². The molecule has 4 aromatic rings. The third-order valence-corrected chi connectivity index (χ3v) is 6.37. The summed E-state index contributed by atoms with van der Waals surface area (Å²) in [5.41, 5.74) is 5.30. The quantitative estimate of drug-likeness (QED) is 0.431. The Morgan fingerprint density at radius 1 is 1.03 bits per heavy atom. The molecule has 2 amide bonds. The molecule has 180 valence electrons. The maximum absolute atomic E-state index is 12.9. The summed E-state index contributed by atoms with van der Waals surface area (Å²) in [6.07, 6.45) is 1.71. The van der Waals surface area contributed by atoms with Gasteiger partial charge in [0.15, 0.2) is 0 Å². The fraction of sp³-hybridized carbons (Fsp3) is 0.333. The summed E-state index contributed by atoms with van der Waals surface area (Å²) >= 11 is 0. The van der Waals surface area contributed by atoms with E-state index in [1.807, 2.05) is 61.2 Å². The van der Waals surface area contributed by atoms with E-state index in [-0.39, 0.29) is 6.03 Å². The first-order valence-electron chi connectivity index (χ1n) is 12.1. The molecule has 8 heteroatoms. The highest BCUT2D eigenvalue weighted by molar-refractivity contribution is 5.98. The molecule has 1 fully saturated rings. The predicted molar refractivity (Wildman–Crippen MR) is 138 cm³/mol. The van der Waals surface area contributed by atoms with Crippen molar-refractivity contribution in [2.24, 2.45) is 0 Å². The van der Waals surface area contributed by atoms with Gasteiger partial charge in [-0.15, -0.1) is 0 Å². The Morgan fingerprint density at radius 2 is 1.80 bits per heavy atom. The number of nitrogens with zero attached hydrogens (tertiary/aromatic N) is 5. The van der Waals surface area contributed by atoms with Gasteiger partial charge in [0.1, 0.15) is 22.7 Å². The van der Waals surface area contributed by atoms with Crippen LogP contribution in [-0.4, -0.2) is 52.2 Å². The van der Waals surface area contributed by atoms with Crippen LogP contribution < -0.4 is 10.2 Å². The van der Waals surface area contributed by atoms with E-state index in [1.165, 1.54) is 5.56 Å². The number of hydrogen-bond acceptors (Lipinski definition) is 6. The molecule has 0 spiro atoms. The van der Waals surface area contributed by atoms with Gasteiger partial charge in [0.2, 0.25) is 0 Å². The Labute approximate surface area is 205 Å². The van der Waals surface area contributed by atoms with Crippen LogP contribution in [-0.2, 0) is 6.42 Å². The Balaban J connectivity index is 1.39. The van der Waals surface area contributed by atoms with Gasteiger partial charge in [-0.25, -0.2) is 9.78 Å². The van der Waals surface area contributed by atoms with Crippen LogP contribution >= 0.6 is 0 Å². The molecule has 0 bridgehead atoms. The number of piperazine rings is 1. The zero-order valence-electron chi connectivity index (χ0n) is 20.4. The predicted octanol–water partition coefficient (Wildman–Crippen LogP) is 5.21. The third kappa shape index (κ3) is 4.69. The van der Waals surface area contributed by atoms with Gasteiger partial charge in [0.25, 0.3) is 5.71 Å². The van der Waals surface area contributed by atoms with Crippen molar-refractivity contribution < 1.29 is 9.32 Å². The normalized spacial score (nSPS) is 13.9. The number of aryl methyl sites for hydroxylation is 3. The standard InChI is InChI=1S/C27H30N6O2/c1-4-8-22-29-25(23-24(31-35-26(23)30-22)20-9-6-5-7-10-20)32-13-15-33(16-14-32)27(34)28-21-12-11-18(2)17-19(21)3/h5-7,9-12,17H,4,8,13-16H2,1-3H3,(H,28,34). The summed E-state index contributed by atoms with van der Waals surface area (Å²) in [6, 6.07) is 15.9. The molecule has 1 aliphatic rings. The van der Waals surface area contributed by atoms with Crippen molar-refractivity contribution in [3.63, 3.8) is 0 Å². The minimum Gasteiger partial charge on any atom is -0.352 e. The molecular weight excluding hydrogens is 440 g/mol. The van der Waals surface area contributed by atoms with Crippen molar-refractivity contribution in [3.8, 4) is 11.3 Å². The number of carbonyl (C=O) groups excluding carboxylic acids is 1. The third-order valence-electron chi connectivity index (χ3n) is 6.37. The van der Waals surface area contributed by atoms with Gasteiger partial charge in [0, 0.05) is 43.9 Å².